The van der Waals surface area contributed by atoms with Gasteiger partial charge in [-0.05, 0) is 18.3 Å². The first-order valence-corrected chi connectivity index (χ1v) is 5.47. The number of carbonyl (C=O) groups is 1. The second kappa shape index (κ2) is 7.80. The van der Waals surface area contributed by atoms with Crippen LogP contribution in [0.1, 0.15) is 40.0 Å². The highest BCUT2D eigenvalue weighted by atomic mass is 16.3. The molecule has 2 N–H and O–H groups in total. The second-order valence-corrected chi connectivity index (χ2v) is 4.24. The lowest BCUT2D eigenvalue weighted by Crippen LogP contribution is -2.31. The molecule has 0 heterocycles. The summed E-state index contributed by atoms with van der Waals surface area (Å²) >= 11 is 0. The lowest BCUT2D eigenvalue weighted by molar-refractivity contribution is -0.122. The maximum absolute atomic E-state index is 11.3. The van der Waals surface area contributed by atoms with Gasteiger partial charge in [-0.2, -0.15) is 0 Å². The molecule has 0 radical (unpaired) electrons. The van der Waals surface area contributed by atoms with E-state index in [1.165, 1.54) is 0 Å². The zero-order valence-electron chi connectivity index (χ0n) is 9.55. The maximum Gasteiger partial charge on any atom is 0.220 e. The Morgan fingerprint density at radius 1 is 1.43 bits per heavy atom. The predicted octanol–water partition coefficient (Wildman–Crippen LogP) is 1.56. The van der Waals surface area contributed by atoms with Crippen molar-refractivity contribution in [3.05, 3.63) is 0 Å². The van der Waals surface area contributed by atoms with Gasteiger partial charge in [0.25, 0.3) is 0 Å². The molecule has 1 atom stereocenters. The lowest BCUT2D eigenvalue weighted by atomic mass is 10.0. The zero-order chi connectivity index (χ0) is 11.0. The first kappa shape index (κ1) is 13.4. The van der Waals surface area contributed by atoms with Crippen molar-refractivity contribution in [3.63, 3.8) is 0 Å². The summed E-state index contributed by atoms with van der Waals surface area (Å²) < 4.78 is 0. The number of rotatable bonds is 7. The topological polar surface area (TPSA) is 49.3 Å². The summed E-state index contributed by atoms with van der Waals surface area (Å²) in [4.78, 5) is 11.3. The summed E-state index contributed by atoms with van der Waals surface area (Å²) in [7, 11) is 0. The van der Waals surface area contributed by atoms with Crippen LogP contribution in [0.5, 0.6) is 0 Å². The number of hydrogen-bond acceptors (Lipinski definition) is 2. The Labute approximate surface area is 86.9 Å². The van der Waals surface area contributed by atoms with E-state index in [2.05, 4.69) is 12.2 Å². The van der Waals surface area contributed by atoms with Crippen LogP contribution < -0.4 is 5.32 Å². The van der Waals surface area contributed by atoms with Crippen LogP contribution in [0.25, 0.3) is 0 Å². The number of amides is 1. The third kappa shape index (κ3) is 6.89. The van der Waals surface area contributed by atoms with Crippen molar-refractivity contribution in [3.8, 4) is 0 Å². The largest absolute Gasteiger partial charge is 0.396 e. The molecular formula is C11H23NO2. The van der Waals surface area contributed by atoms with Crippen LogP contribution in [0.4, 0.5) is 0 Å². The number of aliphatic hydroxyl groups excluding tert-OH is 1. The average Bonchev–Trinajstić information content (AvgIpc) is 2.11. The fourth-order valence-corrected chi connectivity index (χ4v) is 1.37. The van der Waals surface area contributed by atoms with Gasteiger partial charge < -0.3 is 10.4 Å². The Balaban J connectivity index is 3.62. The van der Waals surface area contributed by atoms with Crippen molar-refractivity contribution >= 4 is 5.91 Å². The Bertz CT molecular complexity index is 157. The first-order chi connectivity index (χ1) is 6.60. The van der Waals surface area contributed by atoms with Gasteiger partial charge in [-0.15, -0.1) is 0 Å². The molecule has 0 saturated heterocycles. The van der Waals surface area contributed by atoms with Gasteiger partial charge in [0, 0.05) is 19.6 Å². The van der Waals surface area contributed by atoms with Crippen molar-refractivity contribution < 1.29 is 9.90 Å². The van der Waals surface area contributed by atoms with E-state index in [1.54, 1.807) is 0 Å². The van der Waals surface area contributed by atoms with E-state index >= 15 is 0 Å². The van der Waals surface area contributed by atoms with Crippen molar-refractivity contribution in [2.75, 3.05) is 13.2 Å². The minimum absolute atomic E-state index is 0.0922. The Kier molecular flexibility index (Phi) is 7.48. The van der Waals surface area contributed by atoms with Gasteiger partial charge in [0.05, 0.1) is 0 Å². The second-order valence-electron chi connectivity index (χ2n) is 4.24. The molecule has 14 heavy (non-hydrogen) atoms. The monoisotopic (exact) mass is 201 g/mol. The molecular weight excluding hydrogens is 178 g/mol. The highest BCUT2D eigenvalue weighted by molar-refractivity contribution is 5.76. The molecule has 0 aliphatic carbocycles. The van der Waals surface area contributed by atoms with E-state index in [-0.39, 0.29) is 18.4 Å². The number of nitrogens with one attached hydrogen (secondary N) is 1. The van der Waals surface area contributed by atoms with Crippen molar-refractivity contribution in [1.29, 1.82) is 0 Å². The van der Waals surface area contributed by atoms with Gasteiger partial charge in [0.1, 0.15) is 0 Å². The molecule has 0 aliphatic rings. The quantitative estimate of drug-likeness (QED) is 0.656. The van der Waals surface area contributed by atoms with Gasteiger partial charge in [0.15, 0.2) is 0 Å². The van der Waals surface area contributed by atoms with Crippen LogP contribution in [-0.2, 0) is 4.79 Å². The van der Waals surface area contributed by atoms with Crippen molar-refractivity contribution in [2.24, 2.45) is 11.8 Å². The molecule has 0 fully saturated rings. The van der Waals surface area contributed by atoms with Crippen LogP contribution in [0, 0.1) is 11.8 Å². The molecule has 1 unspecified atom stereocenters. The molecule has 1 amide bonds. The van der Waals surface area contributed by atoms with E-state index in [0.717, 1.165) is 12.8 Å². The molecule has 3 heteroatoms. The number of aliphatic hydroxyl groups is 1. The minimum Gasteiger partial charge on any atom is -0.396 e. The molecule has 0 spiro atoms. The van der Waals surface area contributed by atoms with E-state index in [4.69, 9.17) is 5.11 Å². The van der Waals surface area contributed by atoms with E-state index < -0.39 is 0 Å². The van der Waals surface area contributed by atoms with E-state index in [0.29, 0.717) is 18.9 Å². The van der Waals surface area contributed by atoms with Crippen LogP contribution in [0.15, 0.2) is 0 Å². The van der Waals surface area contributed by atoms with Crippen LogP contribution in [0.2, 0.25) is 0 Å². The zero-order valence-corrected chi connectivity index (χ0v) is 9.55. The summed E-state index contributed by atoms with van der Waals surface area (Å²) in [6.45, 7) is 6.90. The van der Waals surface area contributed by atoms with E-state index in [9.17, 15) is 4.79 Å². The Morgan fingerprint density at radius 3 is 2.50 bits per heavy atom. The van der Waals surface area contributed by atoms with Gasteiger partial charge >= 0.3 is 0 Å². The molecule has 3 nitrogen and oxygen atoms in total. The molecule has 0 aromatic carbocycles. The first-order valence-electron chi connectivity index (χ1n) is 5.47. The highest BCUT2D eigenvalue weighted by Gasteiger charge is 2.09. The number of hydrogen-bond donors (Lipinski definition) is 2. The molecule has 0 rings (SSSR count). The maximum atomic E-state index is 11.3. The third-order valence-corrected chi connectivity index (χ3v) is 2.14. The van der Waals surface area contributed by atoms with Gasteiger partial charge in [-0.25, -0.2) is 0 Å². The summed E-state index contributed by atoms with van der Waals surface area (Å²) in [5.41, 5.74) is 0. The normalized spacial score (nSPS) is 12.9. The molecule has 0 saturated carbocycles. The molecule has 0 bridgehead atoms. The molecule has 84 valence electrons. The fraction of sp³-hybridized carbons (Fsp3) is 0.909. The predicted molar refractivity (Wildman–Crippen MR) is 57.9 cm³/mol. The summed E-state index contributed by atoms with van der Waals surface area (Å²) in [5.74, 6) is 0.708. The summed E-state index contributed by atoms with van der Waals surface area (Å²) in [6.07, 6.45) is 2.59. The van der Waals surface area contributed by atoms with Gasteiger partial charge in [-0.1, -0.05) is 27.2 Å². The van der Waals surface area contributed by atoms with Crippen molar-refractivity contribution in [2.45, 2.75) is 40.0 Å². The molecule has 0 aromatic heterocycles. The van der Waals surface area contributed by atoms with Gasteiger partial charge in [-0.3, -0.25) is 4.79 Å². The van der Waals surface area contributed by atoms with Crippen LogP contribution >= 0.6 is 0 Å². The van der Waals surface area contributed by atoms with Gasteiger partial charge in [0.2, 0.25) is 5.91 Å². The van der Waals surface area contributed by atoms with E-state index in [1.807, 2.05) is 13.8 Å². The smallest absolute Gasteiger partial charge is 0.220 e. The lowest BCUT2D eigenvalue weighted by Gasteiger charge is -2.14. The standard InChI is InChI=1S/C11H23NO2/c1-4-5-10(8-13)7-12-11(14)6-9(2)3/h9-10,13H,4-8H2,1-3H3,(H,12,14). The average molecular weight is 201 g/mol. The van der Waals surface area contributed by atoms with Crippen molar-refractivity contribution in [1.82, 2.24) is 5.32 Å². The summed E-state index contributed by atoms with van der Waals surface area (Å²) in [5, 5.41) is 11.9. The summed E-state index contributed by atoms with van der Waals surface area (Å²) in [6, 6.07) is 0. The molecule has 0 aliphatic heterocycles. The fourth-order valence-electron chi connectivity index (χ4n) is 1.37. The Morgan fingerprint density at radius 2 is 2.07 bits per heavy atom. The van der Waals surface area contributed by atoms with Crippen LogP contribution in [-0.4, -0.2) is 24.2 Å². The number of carbonyl (C=O) groups excluding carboxylic acids is 1. The minimum atomic E-state index is 0.0922. The highest BCUT2D eigenvalue weighted by Crippen LogP contribution is 2.04. The molecule has 0 aromatic rings. The van der Waals surface area contributed by atoms with Crippen LogP contribution in [0.3, 0.4) is 0 Å². The third-order valence-electron chi connectivity index (χ3n) is 2.14. The Hall–Kier alpha value is -0.570. The SMILES string of the molecule is CCCC(CO)CNC(=O)CC(C)C.